The molecular formula is C16H14N4O2S. The van der Waals surface area contributed by atoms with Crippen molar-refractivity contribution in [2.75, 3.05) is 0 Å². The van der Waals surface area contributed by atoms with Crippen molar-refractivity contribution in [3.8, 4) is 22.8 Å². The van der Waals surface area contributed by atoms with Crippen molar-refractivity contribution < 1.29 is 4.52 Å². The maximum atomic E-state index is 12.0. The molecule has 23 heavy (non-hydrogen) atoms. The molecule has 116 valence electrons. The van der Waals surface area contributed by atoms with Crippen molar-refractivity contribution in [1.82, 2.24) is 19.7 Å². The van der Waals surface area contributed by atoms with E-state index in [-0.39, 0.29) is 11.7 Å². The molecular weight excluding hydrogens is 312 g/mol. The van der Waals surface area contributed by atoms with E-state index in [2.05, 4.69) is 15.1 Å². The summed E-state index contributed by atoms with van der Waals surface area (Å²) in [4.78, 5) is 19.3. The number of hydrogen-bond acceptors (Lipinski definition) is 5. The zero-order valence-corrected chi connectivity index (χ0v) is 13.4. The van der Waals surface area contributed by atoms with Gasteiger partial charge in [-0.15, -0.1) is 0 Å². The second-order valence-electron chi connectivity index (χ2n) is 5.56. The molecule has 0 saturated carbocycles. The van der Waals surface area contributed by atoms with Crippen LogP contribution in [0.3, 0.4) is 0 Å². The predicted octanol–water partition coefficient (Wildman–Crippen LogP) is 3.69. The van der Waals surface area contributed by atoms with Gasteiger partial charge in [-0.1, -0.05) is 5.16 Å². The summed E-state index contributed by atoms with van der Waals surface area (Å²) in [7, 11) is 0. The minimum absolute atomic E-state index is 0.0949. The molecule has 0 aliphatic heterocycles. The number of nitrogens with zero attached hydrogens (tertiary/aromatic N) is 3. The van der Waals surface area contributed by atoms with Gasteiger partial charge < -0.3 is 9.51 Å². The Morgan fingerprint density at radius 1 is 1.26 bits per heavy atom. The largest absolute Gasteiger partial charge is 0.334 e. The number of benzene rings is 1. The van der Waals surface area contributed by atoms with E-state index in [1.807, 2.05) is 48.9 Å². The molecule has 0 spiro atoms. The molecule has 3 heterocycles. The Hall–Kier alpha value is -2.67. The average molecular weight is 326 g/mol. The Labute approximate surface area is 135 Å². The number of hydrogen-bond donors (Lipinski definition) is 1. The molecule has 0 fully saturated rings. The highest BCUT2D eigenvalue weighted by molar-refractivity contribution is 7.08. The lowest BCUT2D eigenvalue weighted by Gasteiger charge is -2.06. The van der Waals surface area contributed by atoms with Crippen LogP contribution in [0.1, 0.15) is 19.9 Å². The molecule has 0 saturated heterocycles. The Bertz CT molecular complexity index is 1020. The molecule has 0 bridgehead atoms. The zero-order chi connectivity index (χ0) is 16.0. The van der Waals surface area contributed by atoms with E-state index in [1.54, 1.807) is 15.9 Å². The van der Waals surface area contributed by atoms with Crippen LogP contribution < -0.4 is 5.69 Å². The van der Waals surface area contributed by atoms with Gasteiger partial charge in [0.25, 0.3) is 5.89 Å². The fourth-order valence-corrected chi connectivity index (χ4v) is 3.26. The highest BCUT2D eigenvalue weighted by Crippen LogP contribution is 2.26. The molecule has 7 heteroatoms. The predicted molar refractivity (Wildman–Crippen MR) is 89.5 cm³/mol. The topological polar surface area (TPSA) is 76.7 Å². The third kappa shape index (κ3) is 2.29. The Morgan fingerprint density at radius 3 is 2.87 bits per heavy atom. The van der Waals surface area contributed by atoms with E-state index in [0.717, 1.165) is 22.2 Å². The quantitative estimate of drug-likeness (QED) is 0.623. The van der Waals surface area contributed by atoms with Crippen molar-refractivity contribution >= 4 is 22.4 Å². The van der Waals surface area contributed by atoms with Gasteiger partial charge in [-0.25, -0.2) is 4.79 Å². The van der Waals surface area contributed by atoms with Gasteiger partial charge in [-0.3, -0.25) is 4.57 Å². The lowest BCUT2D eigenvalue weighted by Crippen LogP contribution is -2.18. The lowest BCUT2D eigenvalue weighted by atomic mass is 10.2. The van der Waals surface area contributed by atoms with Crippen LogP contribution in [0, 0.1) is 0 Å². The lowest BCUT2D eigenvalue weighted by molar-refractivity contribution is 0.432. The van der Waals surface area contributed by atoms with Gasteiger partial charge in [0.2, 0.25) is 5.82 Å². The molecule has 0 aliphatic rings. The number of imidazole rings is 1. The first-order valence-corrected chi connectivity index (χ1v) is 8.18. The van der Waals surface area contributed by atoms with Crippen molar-refractivity contribution in [1.29, 1.82) is 0 Å². The second-order valence-corrected chi connectivity index (χ2v) is 6.34. The van der Waals surface area contributed by atoms with E-state index in [9.17, 15) is 4.79 Å². The summed E-state index contributed by atoms with van der Waals surface area (Å²) in [5, 5.41) is 7.96. The summed E-state index contributed by atoms with van der Waals surface area (Å²) in [5.74, 6) is 1.00. The molecule has 0 amide bonds. The summed E-state index contributed by atoms with van der Waals surface area (Å²) >= 11 is 1.58. The van der Waals surface area contributed by atoms with Crippen molar-refractivity contribution in [2.45, 2.75) is 19.9 Å². The van der Waals surface area contributed by atoms with Gasteiger partial charge in [-0.2, -0.15) is 16.3 Å². The number of H-pyrrole nitrogens is 1. The highest BCUT2D eigenvalue weighted by atomic mass is 32.1. The first-order chi connectivity index (χ1) is 11.1. The van der Waals surface area contributed by atoms with E-state index in [1.165, 1.54) is 0 Å². The molecule has 1 aromatic carbocycles. The average Bonchev–Trinajstić information content (AvgIpc) is 3.24. The van der Waals surface area contributed by atoms with Crippen LogP contribution in [0.2, 0.25) is 0 Å². The number of rotatable bonds is 3. The van der Waals surface area contributed by atoms with Crippen LogP contribution >= 0.6 is 11.3 Å². The molecule has 0 radical (unpaired) electrons. The number of thiophene rings is 1. The third-order valence-electron chi connectivity index (χ3n) is 3.69. The SMILES string of the molecule is CC(C)n1c(=O)[nH]c2cc(-c3noc(-c4ccsc4)n3)ccc21. The highest BCUT2D eigenvalue weighted by Gasteiger charge is 2.14. The fourth-order valence-electron chi connectivity index (χ4n) is 2.63. The summed E-state index contributed by atoms with van der Waals surface area (Å²) in [6.45, 7) is 3.96. The number of fused-ring (bicyclic) bond motifs is 1. The smallest absolute Gasteiger partial charge is 0.326 e. The van der Waals surface area contributed by atoms with Gasteiger partial charge >= 0.3 is 5.69 Å². The second kappa shape index (κ2) is 5.20. The molecule has 4 rings (SSSR count). The zero-order valence-electron chi connectivity index (χ0n) is 12.6. The van der Waals surface area contributed by atoms with Crippen molar-refractivity contribution in [3.05, 3.63) is 45.5 Å². The maximum absolute atomic E-state index is 12.0. The Kier molecular flexibility index (Phi) is 3.16. The molecule has 0 unspecified atom stereocenters. The van der Waals surface area contributed by atoms with Gasteiger partial charge in [0.05, 0.1) is 16.6 Å². The first kappa shape index (κ1) is 14.0. The van der Waals surface area contributed by atoms with E-state index >= 15 is 0 Å². The van der Waals surface area contributed by atoms with Crippen molar-refractivity contribution in [2.24, 2.45) is 0 Å². The van der Waals surface area contributed by atoms with Gasteiger partial charge in [0.15, 0.2) is 0 Å². The Morgan fingerprint density at radius 2 is 2.13 bits per heavy atom. The molecule has 0 aliphatic carbocycles. The minimum Gasteiger partial charge on any atom is -0.334 e. The normalized spacial score (nSPS) is 11.6. The summed E-state index contributed by atoms with van der Waals surface area (Å²) in [6.07, 6.45) is 0. The molecule has 1 N–H and O–H groups in total. The van der Waals surface area contributed by atoms with Gasteiger partial charge in [0, 0.05) is 17.0 Å². The summed E-state index contributed by atoms with van der Waals surface area (Å²) < 4.78 is 7.04. The van der Waals surface area contributed by atoms with Crippen LogP contribution in [0.15, 0.2) is 44.3 Å². The number of nitrogens with one attached hydrogen (secondary N) is 1. The fraction of sp³-hybridized carbons (Fsp3) is 0.188. The number of aromatic amines is 1. The minimum atomic E-state index is -0.112. The van der Waals surface area contributed by atoms with Crippen LogP contribution in [0.25, 0.3) is 33.9 Å². The van der Waals surface area contributed by atoms with Gasteiger partial charge in [-0.05, 0) is 43.5 Å². The molecule has 3 aromatic heterocycles. The van der Waals surface area contributed by atoms with Crippen LogP contribution in [0.4, 0.5) is 0 Å². The summed E-state index contributed by atoms with van der Waals surface area (Å²) in [5.41, 5.74) is 3.24. The molecule has 0 atom stereocenters. The summed E-state index contributed by atoms with van der Waals surface area (Å²) in [6, 6.07) is 7.71. The van der Waals surface area contributed by atoms with Crippen LogP contribution in [0.5, 0.6) is 0 Å². The van der Waals surface area contributed by atoms with E-state index in [4.69, 9.17) is 4.52 Å². The first-order valence-electron chi connectivity index (χ1n) is 7.24. The monoisotopic (exact) mass is 326 g/mol. The number of aromatic nitrogens is 4. The third-order valence-corrected chi connectivity index (χ3v) is 4.37. The van der Waals surface area contributed by atoms with E-state index in [0.29, 0.717) is 11.7 Å². The van der Waals surface area contributed by atoms with E-state index < -0.39 is 0 Å². The van der Waals surface area contributed by atoms with Crippen LogP contribution in [-0.4, -0.2) is 19.7 Å². The van der Waals surface area contributed by atoms with Crippen molar-refractivity contribution in [3.63, 3.8) is 0 Å². The standard InChI is InChI=1S/C16H14N4O2S/c1-9(2)20-13-4-3-10(7-12(13)17-16(20)21)14-18-15(22-19-14)11-5-6-23-8-11/h3-9H,1-2H3,(H,17,21). The molecule has 4 aromatic rings. The van der Waals surface area contributed by atoms with Crippen LogP contribution in [-0.2, 0) is 0 Å². The maximum Gasteiger partial charge on any atom is 0.326 e. The Balaban J connectivity index is 1.80. The molecule has 6 nitrogen and oxygen atoms in total. The van der Waals surface area contributed by atoms with Gasteiger partial charge in [0.1, 0.15) is 0 Å².